The molecular formula is C20H17N3O3S. The lowest BCUT2D eigenvalue weighted by atomic mass is 10.2. The quantitative estimate of drug-likeness (QED) is 0.770. The first-order valence-corrected chi connectivity index (χ1v) is 9.12. The molecule has 27 heavy (non-hydrogen) atoms. The number of hydrogen-bond acceptors (Lipinski definition) is 6. The average molecular weight is 379 g/mol. The van der Waals surface area contributed by atoms with E-state index in [1.165, 1.54) is 11.8 Å². The summed E-state index contributed by atoms with van der Waals surface area (Å²) in [5.41, 5.74) is 1.57. The molecule has 0 saturated carbocycles. The largest absolute Gasteiger partial charge is 0.490 e. The van der Waals surface area contributed by atoms with Crippen LogP contribution in [0.3, 0.4) is 0 Å². The lowest BCUT2D eigenvalue weighted by Gasteiger charge is -2.10. The number of carbonyl (C=O) groups is 1. The van der Waals surface area contributed by atoms with Crippen molar-refractivity contribution in [3.63, 3.8) is 0 Å². The second kappa shape index (κ2) is 8.92. The second-order valence-corrected chi connectivity index (χ2v) is 6.43. The number of nitrogens with one attached hydrogen (secondary N) is 1. The summed E-state index contributed by atoms with van der Waals surface area (Å²) in [7, 11) is 0. The van der Waals surface area contributed by atoms with Crippen molar-refractivity contribution in [2.24, 2.45) is 4.99 Å². The standard InChI is InChI=1S/C20H17N3O3S/c1-2-25-17-12-14(8-9-16(17)26-11-10-21)13-18-19(24)23-20(27-18)22-15-6-4-3-5-7-15/h3-9,12-13H,2,11H2,1H3,(H,22,23,24)/b18-13+. The van der Waals surface area contributed by atoms with E-state index >= 15 is 0 Å². The third-order valence-corrected chi connectivity index (χ3v) is 4.41. The van der Waals surface area contributed by atoms with Gasteiger partial charge in [-0.1, -0.05) is 24.3 Å². The summed E-state index contributed by atoms with van der Waals surface area (Å²) in [5.74, 6) is 0.830. The lowest BCUT2D eigenvalue weighted by molar-refractivity contribution is -0.115. The van der Waals surface area contributed by atoms with E-state index < -0.39 is 0 Å². The molecule has 1 aliphatic heterocycles. The number of aliphatic imine (C=N–C) groups is 1. The fourth-order valence-electron chi connectivity index (χ4n) is 2.36. The Morgan fingerprint density at radius 1 is 1.19 bits per heavy atom. The number of nitrogens with zero attached hydrogens (tertiary/aromatic N) is 2. The molecule has 0 aromatic heterocycles. The Bertz CT molecular complexity index is 933. The minimum absolute atomic E-state index is 0.0575. The molecule has 1 heterocycles. The van der Waals surface area contributed by atoms with Crippen LogP contribution >= 0.6 is 11.8 Å². The van der Waals surface area contributed by atoms with Gasteiger partial charge < -0.3 is 14.8 Å². The summed E-state index contributed by atoms with van der Waals surface area (Å²) in [6, 6.07) is 16.7. The van der Waals surface area contributed by atoms with Crippen LogP contribution in [0.2, 0.25) is 0 Å². The molecule has 0 aliphatic carbocycles. The van der Waals surface area contributed by atoms with Gasteiger partial charge in [0.15, 0.2) is 23.3 Å². The molecule has 2 aromatic rings. The van der Waals surface area contributed by atoms with Gasteiger partial charge in [-0.05, 0) is 54.6 Å². The molecule has 1 fully saturated rings. The zero-order valence-corrected chi connectivity index (χ0v) is 15.5. The summed E-state index contributed by atoms with van der Waals surface area (Å²) in [5, 5.41) is 12.0. The second-order valence-electron chi connectivity index (χ2n) is 5.40. The van der Waals surface area contributed by atoms with Gasteiger partial charge in [0.2, 0.25) is 0 Å². The number of nitriles is 1. The third kappa shape index (κ3) is 4.90. The van der Waals surface area contributed by atoms with Crippen LogP contribution in [-0.4, -0.2) is 24.3 Å². The number of thioether (sulfide) groups is 1. The normalized spacial score (nSPS) is 16.2. The first kappa shape index (κ1) is 18.5. The monoisotopic (exact) mass is 379 g/mol. The van der Waals surface area contributed by atoms with E-state index in [0.29, 0.717) is 28.2 Å². The number of para-hydroxylation sites is 1. The number of amidine groups is 1. The Kier molecular flexibility index (Phi) is 6.13. The summed E-state index contributed by atoms with van der Waals surface area (Å²) in [6.45, 7) is 2.27. The zero-order chi connectivity index (χ0) is 19.1. The smallest absolute Gasteiger partial charge is 0.264 e. The first-order valence-electron chi connectivity index (χ1n) is 8.31. The summed E-state index contributed by atoms with van der Waals surface area (Å²) < 4.78 is 10.9. The van der Waals surface area contributed by atoms with Gasteiger partial charge >= 0.3 is 0 Å². The van der Waals surface area contributed by atoms with Crippen LogP contribution in [-0.2, 0) is 4.79 Å². The topological polar surface area (TPSA) is 83.7 Å². The Balaban J connectivity index is 1.81. The first-order chi connectivity index (χ1) is 13.2. The molecule has 0 atom stereocenters. The van der Waals surface area contributed by atoms with Crippen molar-refractivity contribution in [3.8, 4) is 17.6 Å². The van der Waals surface area contributed by atoms with Crippen LogP contribution in [0, 0.1) is 11.3 Å². The van der Waals surface area contributed by atoms with Crippen LogP contribution < -0.4 is 14.8 Å². The fourth-order valence-corrected chi connectivity index (χ4v) is 3.21. The highest BCUT2D eigenvalue weighted by atomic mass is 32.2. The van der Waals surface area contributed by atoms with Crippen molar-refractivity contribution in [2.45, 2.75) is 6.92 Å². The van der Waals surface area contributed by atoms with E-state index in [0.717, 1.165) is 11.3 Å². The molecule has 1 aliphatic rings. The maximum atomic E-state index is 12.2. The van der Waals surface area contributed by atoms with E-state index in [-0.39, 0.29) is 12.5 Å². The third-order valence-electron chi connectivity index (χ3n) is 3.50. The molecule has 0 unspecified atom stereocenters. The van der Waals surface area contributed by atoms with Gasteiger partial charge in [0, 0.05) is 0 Å². The van der Waals surface area contributed by atoms with E-state index in [4.69, 9.17) is 14.7 Å². The molecular weight excluding hydrogens is 362 g/mol. The van der Waals surface area contributed by atoms with Gasteiger partial charge in [-0.2, -0.15) is 5.26 Å². The van der Waals surface area contributed by atoms with Crippen molar-refractivity contribution in [1.29, 1.82) is 5.26 Å². The van der Waals surface area contributed by atoms with Crippen LogP contribution in [0.4, 0.5) is 5.69 Å². The highest BCUT2D eigenvalue weighted by Gasteiger charge is 2.24. The fraction of sp³-hybridized carbons (Fsp3) is 0.150. The van der Waals surface area contributed by atoms with Crippen LogP contribution in [0.5, 0.6) is 11.5 Å². The Labute approximate surface area is 161 Å². The zero-order valence-electron chi connectivity index (χ0n) is 14.6. The maximum Gasteiger partial charge on any atom is 0.264 e. The summed E-state index contributed by atoms with van der Waals surface area (Å²) in [4.78, 5) is 17.2. The highest BCUT2D eigenvalue weighted by molar-refractivity contribution is 8.18. The molecule has 1 saturated heterocycles. The Morgan fingerprint density at radius 3 is 2.74 bits per heavy atom. The molecule has 136 valence electrons. The molecule has 2 aromatic carbocycles. The van der Waals surface area contributed by atoms with Gasteiger partial charge in [0.05, 0.1) is 17.2 Å². The molecule has 6 nitrogen and oxygen atoms in total. The van der Waals surface area contributed by atoms with E-state index in [2.05, 4.69) is 10.3 Å². The van der Waals surface area contributed by atoms with Gasteiger partial charge in [0.25, 0.3) is 5.91 Å². The maximum absolute atomic E-state index is 12.2. The Morgan fingerprint density at radius 2 is 2.00 bits per heavy atom. The Hall–Kier alpha value is -3.24. The summed E-state index contributed by atoms with van der Waals surface area (Å²) >= 11 is 1.28. The highest BCUT2D eigenvalue weighted by Crippen LogP contribution is 2.32. The van der Waals surface area contributed by atoms with Gasteiger partial charge in [-0.3, -0.25) is 4.79 Å². The minimum atomic E-state index is -0.197. The van der Waals surface area contributed by atoms with Gasteiger partial charge in [-0.15, -0.1) is 0 Å². The van der Waals surface area contributed by atoms with Gasteiger partial charge in [-0.25, -0.2) is 4.99 Å². The van der Waals surface area contributed by atoms with Crippen molar-refractivity contribution in [1.82, 2.24) is 5.32 Å². The van der Waals surface area contributed by atoms with Crippen molar-refractivity contribution < 1.29 is 14.3 Å². The predicted octanol–water partition coefficient (Wildman–Crippen LogP) is 3.88. The molecule has 0 radical (unpaired) electrons. The van der Waals surface area contributed by atoms with Crippen molar-refractivity contribution >= 4 is 34.6 Å². The molecule has 0 spiro atoms. The molecule has 1 amide bonds. The number of rotatable bonds is 6. The average Bonchev–Trinajstić information content (AvgIpc) is 3.01. The lowest BCUT2D eigenvalue weighted by Crippen LogP contribution is -2.19. The SMILES string of the molecule is CCOc1cc(/C=C2/SC(=Nc3ccccc3)NC2=O)ccc1OCC#N. The number of hydrogen-bond donors (Lipinski definition) is 1. The van der Waals surface area contributed by atoms with E-state index in [1.54, 1.807) is 18.2 Å². The predicted molar refractivity (Wildman–Crippen MR) is 106 cm³/mol. The number of amides is 1. The van der Waals surface area contributed by atoms with Crippen LogP contribution in [0.1, 0.15) is 12.5 Å². The summed E-state index contributed by atoms with van der Waals surface area (Å²) in [6.07, 6.45) is 1.77. The number of ether oxygens (including phenoxy) is 2. The van der Waals surface area contributed by atoms with E-state index in [9.17, 15) is 4.79 Å². The molecule has 7 heteroatoms. The number of benzene rings is 2. The van der Waals surface area contributed by atoms with Crippen molar-refractivity contribution in [2.75, 3.05) is 13.2 Å². The van der Waals surface area contributed by atoms with Crippen LogP contribution in [0.15, 0.2) is 58.4 Å². The van der Waals surface area contributed by atoms with Crippen molar-refractivity contribution in [3.05, 3.63) is 59.0 Å². The molecule has 0 bridgehead atoms. The van der Waals surface area contributed by atoms with E-state index in [1.807, 2.05) is 49.4 Å². The molecule has 3 rings (SSSR count). The minimum Gasteiger partial charge on any atom is -0.490 e. The van der Waals surface area contributed by atoms with Gasteiger partial charge in [0.1, 0.15) is 6.07 Å². The molecule has 1 N–H and O–H groups in total. The number of carbonyl (C=O) groups excluding carboxylic acids is 1. The van der Waals surface area contributed by atoms with Crippen LogP contribution in [0.25, 0.3) is 6.08 Å².